The molecule has 130 valence electrons. The van der Waals surface area contributed by atoms with Crippen LogP contribution in [0.5, 0.6) is 11.5 Å². The van der Waals surface area contributed by atoms with Crippen molar-refractivity contribution in [2.45, 2.75) is 26.0 Å². The van der Waals surface area contributed by atoms with Crippen LogP contribution in [0, 0.1) is 0 Å². The van der Waals surface area contributed by atoms with Gasteiger partial charge in [-0.2, -0.15) is 20.1 Å². The van der Waals surface area contributed by atoms with Gasteiger partial charge >= 0.3 is 6.61 Å². The summed E-state index contributed by atoms with van der Waals surface area (Å²) in [6.45, 7) is -2.54. The Morgan fingerprint density at radius 3 is 2.67 bits per heavy atom. The molecule has 0 saturated heterocycles. The summed E-state index contributed by atoms with van der Waals surface area (Å²) in [4.78, 5) is 13.8. The van der Waals surface area contributed by atoms with Gasteiger partial charge in [0.15, 0.2) is 11.5 Å². The first kappa shape index (κ1) is 18.2. The number of hydrogen-bond acceptors (Lipinski definition) is 4. The predicted molar refractivity (Wildman–Crippen MR) is 88.7 cm³/mol. The van der Waals surface area contributed by atoms with E-state index >= 15 is 0 Å². The lowest BCUT2D eigenvalue weighted by Gasteiger charge is -2.18. The van der Waals surface area contributed by atoms with Crippen LogP contribution in [-0.2, 0) is 17.8 Å². The van der Waals surface area contributed by atoms with Crippen LogP contribution < -0.4 is 9.47 Å². The molecule has 2 aromatic rings. The third-order valence-electron chi connectivity index (χ3n) is 3.50. The molecule has 1 aromatic carbocycles. The number of halogens is 2. The van der Waals surface area contributed by atoms with Gasteiger partial charge < -0.3 is 14.4 Å². The SMILES string of the molecule is COc1cc(CN(C)C(=O)CCc2ccsc2)ccc1OC(F)F. The maximum atomic E-state index is 12.3. The lowest BCUT2D eigenvalue weighted by Crippen LogP contribution is -2.26. The number of thiophene rings is 1. The largest absolute Gasteiger partial charge is 0.493 e. The van der Waals surface area contributed by atoms with E-state index in [1.165, 1.54) is 13.2 Å². The number of aryl methyl sites for hydroxylation is 1. The summed E-state index contributed by atoms with van der Waals surface area (Å²) in [6.07, 6.45) is 1.13. The zero-order valence-corrected chi connectivity index (χ0v) is 14.3. The first-order chi connectivity index (χ1) is 11.5. The maximum absolute atomic E-state index is 12.3. The standard InChI is InChI=1S/C17H19F2NO3S/c1-20(16(21)6-4-12-7-8-24-11-12)10-13-3-5-14(23-17(18)19)15(9-13)22-2/h3,5,7-9,11,17H,4,6,10H2,1-2H3. The van der Waals surface area contributed by atoms with Gasteiger partial charge in [0.25, 0.3) is 0 Å². The minimum Gasteiger partial charge on any atom is -0.493 e. The number of ether oxygens (including phenoxy) is 2. The smallest absolute Gasteiger partial charge is 0.387 e. The molecule has 2 rings (SSSR count). The Morgan fingerprint density at radius 1 is 1.25 bits per heavy atom. The highest BCUT2D eigenvalue weighted by molar-refractivity contribution is 7.07. The highest BCUT2D eigenvalue weighted by atomic mass is 32.1. The second-order valence-corrected chi connectivity index (χ2v) is 6.03. The van der Waals surface area contributed by atoms with E-state index in [2.05, 4.69) is 4.74 Å². The third kappa shape index (κ3) is 5.19. The highest BCUT2D eigenvalue weighted by Gasteiger charge is 2.14. The van der Waals surface area contributed by atoms with Crippen molar-refractivity contribution in [1.29, 1.82) is 0 Å². The fourth-order valence-electron chi connectivity index (χ4n) is 2.24. The van der Waals surface area contributed by atoms with Gasteiger partial charge in [-0.3, -0.25) is 4.79 Å². The van der Waals surface area contributed by atoms with Crippen molar-refractivity contribution < 1.29 is 23.0 Å². The number of carbonyl (C=O) groups excluding carboxylic acids is 1. The van der Waals surface area contributed by atoms with Crippen molar-refractivity contribution in [2.75, 3.05) is 14.2 Å². The number of hydrogen-bond donors (Lipinski definition) is 0. The van der Waals surface area contributed by atoms with E-state index < -0.39 is 6.61 Å². The molecular formula is C17H19F2NO3S. The summed E-state index contributed by atoms with van der Waals surface area (Å²) in [5, 5.41) is 4.01. The number of nitrogens with zero attached hydrogens (tertiary/aromatic N) is 1. The van der Waals surface area contributed by atoms with E-state index in [0.717, 1.165) is 11.1 Å². The fraction of sp³-hybridized carbons (Fsp3) is 0.353. The van der Waals surface area contributed by atoms with Crippen LogP contribution in [0.4, 0.5) is 8.78 Å². The third-order valence-corrected chi connectivity index (χ3v) is 4.23. The first-order valence-corrected chi connectivity index (χ1v) is 8.30. The molecule has 4 nitrogen and oxygen atoms in total. The van der Waals surface area contributed by atoms with Gasteiger partial charge in [0.05, 0.1) is 7.11 Å². The van der Waals surface area contributed by atoms with Crippen LogP contribution in [-0.4, -0.2) is 31.6 Å². The average Bonchev–Trinajstić information content (AvgIpc) is 3.06. The second-order valence-electron chi connectivity index (χ2n) is 5.25. The molecule has 0 atom stereocenters. The summed E-state index contributed by atoms with van der Waals surface area (Å²) in [7, 11) is 3.10. The molecule has 24 heavy (non-hydrogen) atoms. The lowest BCUT2D eigenvalue weighted by molar-refractivity contribution is -0.130. The Bertz CT molecular complexity index is 662. The van der Waals surface area contributed by atoms with Gasteiger partial charge in [-0.1, -0.05) is 6.07 Å². The van der Waals surface area contributed by atoms with Gasteiger partial charge in [0, 0.05) is 20.0 Å². The molecule has 0 aliphatic rings. The van der Waals surface area contributed by atoms with Gasteiger partial charge in [0.2, 0.25) is 5.91 Å². The average molecular weight is 355 g/mol. The molecule has 0 N–H and O–H groups in total. The number of benzene rings is 1. The van der Waals surface area contributed by atoms with E-state index in [4.69, 9.17) is 4.74 Å². The molecule has 0 saturated carbocycles. The summed E-state index contributed by atoms with van der Waals surface area (Å²) in [5.41, 5.74) is 1.93. The molecule has 0 unspecified atom stereocenters. The summed E-state index contributed by atoms with van der Waals surface area (Å²) in [5.74, 6) is 0.211. The van der Waals surface area contributed by atoms with Crippen molar-refractivity contribution >= 4 is 17.2 Å². The number of methoxy groups -OCH3 is 1. The van der Waals surface area contributed by atoms with Crippen LogP contribution in [0.2, 0.25) is 0 Å². The highest BCUT2D eigenvalue weighted by Crippen LogP contribution is 2.29. The maximum Gasteiger partial charge on any atom is 0.387 e. The summed E-state index contributed by atoms with van der Waals surface area (Å²) in [6, 6.07) is 6.66. The summed E-state index contributed by atoms with van der Waals surface area (Å²) < 4.78 is 34.1. The Labute approximate surface area is 143 Å². The lowest BCUT2D eigenvalue weighted by atomic mass is 10.1. The van der Waals surface area contributed by atoms with E-state index in [1.54, 1.807) is 35.4 Å². The quantitative estimate of drug-likeness (QED) is 0.720. The minimum absolute atomic E-state index is 0.0214. The van der Waals surface area contributed by atoms with Gasteiger partial charge in [-0.25, -0.2) is 0 Å². The molecule has 0 radical (unpaired) electrons. The molecule has 0 bridgehead atoms. The van der Waals surface area contributed by atoms with Crippen molar-refractivity contribution in [2.24, 2.45) is 0 Å². The van der Waals surface area contributed by atoms with Gasteiger partial charge in [0.1, 0.15) is 0 Å². The van der Waals surface area contributed by atoms with Crippen molar-refractivity contribution in [1.82, 2.24) is 4.90 Å². The van der Waals surface area contributed by atoms with Crippen LogP contribution in [0.1, 0.15) is 17.5 Å². The van der Waals surface area contributed by atoms with Crippen LogP contribution >= 0.6 is 11.3 Å². The fourth-order valence-corrected chi connectivity index (χ4v) is 2.95. The molecule has 0 fully saturated rings. The predicted octanol–water partition coefficient (Wildman–Crippen LogP) is 3.95. The second kappa shape index (κ2) is 8.63. The molecule has 1 heterocycles. The Morgan fingerprint density at radius 2 is 2.04 bits per heavy atom. The topological polar surface area (TPSA) is 38.8 Å². The van der Waals surface area contributed by atoms with Crippen LogP contribution in [0.15, 0.2) is 35.0 Å². The number of carbonyl (C=O) groups is 1. The Kier molecular flexibility index (Phi) is 6.54. The van der Waals surface area contributed by atoms with Crippen LogP contribution in [0.25, 0.3) is 0 Å². The van der Waals surface area contributed by atoms with Gasteiger partial charge in [-0.15, -0.1) is 0 Å². The van der Waals surface area contributed by atoms with E-state index in [9.17, 15) is 13.6 Å². The molecule has 7 heteroatoms. The number of alkyl halides is 2. The molecule has 0 spiro atoms. The molecule has 1 amide bonds. The van der Waals surface area contributed by atoms with E-state index in [0.29, 0.717) is 19.4 Å². The molecule has 0 aliphatic heterocycles. The van der Waals surface area contributed by atoms with Gasteiger partial charge in [-0.05, 0) is 46.5 Å². The van der Waals surface area contributed by atoms with E-state index in [1.807, 2.05) is 16.8 Å². The normalized spacial score (nSPS) is 10.7. The van der Waals surface area contributed by atoms with Crippen LogP contribution in [0.3, 0.4) is 0 Å². The van der Waals surface area contributed by atoms with Crippen molar-refractivity contribution in [3.05, 3.63) is 46.2 Å². The zero-order valence-electron chi connectivity index (χ0n) is 13.5. The molecule has 1 aromatic heterocycles. The monoisotopic (exact) mass is 355 g/mol. The first-order valence-electron chi connectivity index (χ1n) is 7.36. The number of rotatable bonds is 8. The zero-order chi connectivity index (χ0) is 17.5. The Hall–Kier alpha value is -2.15. The van der Waals surface area contributed by atoms with Crippen molar-refractivity contribution in [3.63, 3.8) is 0 Å². The Balaban J connectivity index is 1.95. The van der Waals surface area contributed by atoms with E-state index in [-0.39, 0.29) is 17.4 Å². The van der Waals surface area contributed by atoms with Crippen molar-refractivity contribution in [3.8, 4) is 11.5 Å². The number of amides is 1. The molecule has 0 aliphatic carbocycles. The minimum atomic E-state index is -2.91. The summed E-state index contributed by atoms with van der Waals surface area (Å²) >= 11 is 1.61. The molecular weight excluding hydrogens is 336 g/mol.